The van der Waals surface area contributed by atoms with Crippen molar-refractivity contribution in [2.45, 2.75) is 29.8 Å². The van der Waals surface area contributed by atoms with Crippen molar-refractivity contribution in [3.8, 4) is 0 Å². The van der Waals surface area contributed by atoms with Gasteiger partial charge in [-0.15, -0.1) is 0 Å². The van der Waals surface area contributed by atoms with Crippen LogP contribution in [0.25, 0.3) is 0 Å². The molecule has 0 aromatic carbocycles. The zero-order chi connectivity index (χ0) is 4.24. The van der Waals surface area contributed by atoms with E-state index < -0.39 is 0 Å². The van der Waals surface area contributed by atoms with Gasteiger partial charge in [-0.05, 0) is 0 Å². The zero-order valence-electron chi connectivity index (χ0n) is 4.74. The first-order valence-electron chi connectivity index (χ1n) is 3.00. The molecule has 1 aliphatic heterocycles. The van der Waals surface area contributed by atoms with Gasteiger partial charge < -0.3 is 5.48 Å². The molecule has 0 radical (unpaired) electrons. The fraction of sp³-hybridized carbons (Fsp3) is 1.00. The third-order valence-electron chi connectivity index (χ3n) is 1.50. The average Bonchev–Trinajstić information content (AvgIpc) is 1.72. The Bertz CT molecular complexity index is 27.9. The van der Waals surface area contributed by atoms with Crippen molar-refractivity contribution in [2.24, 2.45) is 0 Å². The van der Waals surface area contributed by atoms with Gasteiger partial charge in [0.15, 0.2) is 0 Å². The summed E-state index contributed by atoms with van der Waals surface area (Å²) >= 11 is 0.508. The molecule has 1 saturated heterocycles. The van der Waals surface area contributed by atoms with E-state index in [4.69, 9.17) is 0 Å². The second-order valence-corrected chi connectivity index (χ2v) is 4.24. The molecule has 1 fully saturated rings. The molecule has 1 heterocycles. The van der Waals surface area contributed by atoms with Crippen molar-refractivity contribution in [3.05, 3.63) is 0 Å². The van der Waals surface area contributed by atoms with Crippen LogP contribution in [0.2, 0.25) is 10.6 Å². The summed E-state index contributed by atoms with van der Waals surface area (Å²) in [6.45, 7) is 0. The fourth-order valence-corrected chi connectivity index (χ4v) is 2.83. The Morgan fingerprint density at radius 3 is 1.50 bits per heavy atom. The van der Waals surface area contributed by atoms with Crippen molar-refractivity contribution in [1.29, 1.82) is 0 Å². The molecular weight excluding hydrogens is 143 g/mol. The standard InChI is InChI=1S/C5H10.Al.Ca.H2O.3H/c1-3-5-4-2;;;;;;/h1-5H2;;;1H2;;;. The van der Waals surface area contributed by atoms with E-state index in [1.165, 1.54) is 6.42 Å². The van der Waals surface area contributed by atoms with Crippen LogP contribution < -0.4 is 0 Å². The van der Waals surface area contributed by atoms with E-state index in [1.54, 1.807) is 23.4 Å². The molecule has 0 saturated carbocycles. The van der Waals surface area contributed by atoms with Crippen LogP contribution in [-0.2, 0) is 0 Å². The normalized spacial score (nSPS) is 17.0. The molecule has 1 nitrogen and oxygen atoms in total. The summed E-state index contributed by atoms with van der Waals surface area (Å²) in [6.07, 6.45) is 4.66. The minimum atomic E-state index is 0. The molecule has 0 atom stereocenters. The van der Waals surface area contributed by atoms with Crippen LogP contribution in [0, 0.1) is 0 Å². The van der Waals surface area contributed by atoms with E-state index in [-0.39, 0.29) is 43.2 Å². The van der Waals surface area contributed by atoms with Crippen LogP contribution in [0.4, 0.5) is 0 Å². The molecule has 0 aliphatic carbocycles. The van der Waals surface area contributed by atoms with Gasteiger partial charge in [-0.25, -0.2) is 0 Å². The van der Waals surface area contributed by atoms with Gasteiger partial charge >= 0.3 is 37.7 Å². The molecule has 0 aromatic rings. The summed E-state index contributed by atoms with van der Waals surface area (Å²) in [5.74, 6) is 0. The molecule has 0 bridgehead atoms. The average molecular weight is 158 g/mol. The Labute approximate surface area is 87.2 Å². The van der Waals surface area contributed by atoms with Crippen LogP contribution in [0.5, 0.6) is 0 Å². The van der Waals surface area contributed by atoms with Gasteiger partial charge in [0.25, 0.3) is 0 Å². The van der Waals surface area contributed by atoms with E-state index in [2.05, 4.69) is 0 Å². The Morgan fingerprint density at radius 2 is 1.38 bits per heavy atom. The van der Waals surface area contributed by atoms with E-state index >= 15 is 0 Å². The summed E-state index contributed by atoms with van der Waals surface area (Å²) in [6, 6.07) is 0. The summed E-state index contributed by atoms with van der Waals surface area (Å²) in [5.41, 5.74) is 0. The van der Waals surface area contributed by atoms with Gasteiger partial charge in [0.2, 0.25) is 15.2 Å². The van der Waals surface area contributed by atoms with Crippen LogP contribution >= 0.6 is 0 Å². The molecule has 46 valence electrons. The first kappa shape index (κ1) is 12.4. The van der Waals surface area contributed by atoms with Crippen LogP contribution in [0.15, 0.2) is 0 Å². The zero-order valence-corrected chi connectivity index (χ0v) is 6.16. The molecule has 0 aromatic heterocycles. The Kier molecular flexibility index (Phi) is 13.6. The van der Waals surface area contributed by atoms with Crippen molar-refractivity contribution in [1.82, 2.24) is 0 Å². The maximum atomic E-state index is 1.64. The van der Waals surface area contributed by atoms with Gasteiger partial charge in [0, 0.05) is 0 Å². The topological polar surface area (TPSA) is 31.5 Å². The Balaban J connectivity index is 0. The first-order valence-corrected chi connectivity index (χ1v) is 5.00. The molecule has 1 rings (SSSR count). The third-order valence-corrected chi connectivity index (χ3v) is 3.50. The minimum absolute atomic E-state index is 0. The Morgan fingerprint density at radius 1 is 0.875 bits per heavy atom. The summed E-state index contributed by atoms with van der Waals surface area (Å²) in [7, 11) is 0. The molecule has 0 amide bonds. The monoisotopic (exact) mass is 158 g/mol. The van der Waals surface area contributed by atoms with E-state index in [1.807, 2.05) is 0 Å². The number of rotatable bonds is 0. The Hall–Kier alpha value is 1.75. The van der Waals surface area contributed by atoms with Gasteiger partial charge in [-0.1, -0.05) is 29.8 Å². The quantitative estimate of drug-likeness (QED) is 0.434. The number of hydrogen-bond acceptors (Lipinski definition) is 0. The third kappa shape index (κ3) is 5.88. The molecular formula is C5H15AlCaO. The van der Waals surface area contributed by atoms with Crippen LogP contribution in [0.1, 0.15) is 19.3 Å². The molecule has 3 heteroatoms. The van der Waals surface area contributed by atoms with E-state index in [0.717, 1.165) is 0 Å². The van der Waals surface area contributed by atoms with Gasteiger partial charge in [0.1, 0.15) is 0 Å². The van der Waals surface area contributed by atoms with Crippen molar-refractivity contribution >= 4 is 53.0 Å². The second kappa shape index (κ2) is 8.75. The van der Waals surface area contributed by atoms with Gasteiger partial charge in [-0.3, -0.25) is 0 Å². The predicted molar refractivity (Wildman–Crippen MR) is 42.8 cm³/mol. The second-order valence-electron chi connectivity index (χ2n) is 2.12. The maximum absolute atomic E-state index is 1.64. The summed E-state index contributed by atoms with van der Waals surface area (Å²) in [4.78, 5) is 0. The van der Waals surface area contributed by atoms with Crippen LogP contribution in [0.3, 0.4) is 0 Å². The van der Waals surface area contributed by atoms with E-state index in [9.17, 15) is 0 Å². The first-order chi connectivity index (χ1) is 3.00. The number of hydrogen-bond donors (Lipinski definition) is 0. The summed E-state index contributed by atoms with van der Waals surface area (Å²) in [5, 5.41) is 3.28. The van der Waals surface area contributed by atoms with E-state index in [0.29, 0.717) is 15.2 Å². The molecule has 1 aliphatic rings. The fourth-order valence-electron chi connectivity index (χ4n) is 1.06. The van der Waals surface area contributed by atoms with Gasteiger partial charge in [-0.2, -0.15) is 0 Å². The predicted octanol–water partition coefficient (Wildman–Crippen LogP) is -0.298. The molecule has 8 heavy (non-hydrogen) atoms. The SMILES string of the molecule is C1C[CH2][AlH][CH2]C1.O.[CaH2]. The van der Waals surface area contributed by atoms with Crippen LogP contribution in [-0.4, -0.2) is 58.4 Å². The van der Waals surface area contributed by atoms with Crippen molar-refractivity contribution in [2.75, 3.05) is 0 Å². The van der Waals surface area contributed by atoms with Gasteiger partial charge in [0.05, 0.1) is 0 Å². The van der Waals surface area contributed by atoms with Crippen molar-refractivity contribution in [3.63, 3.8) is 0 Å². The van der Waals surface area contributed by atoms with Crippen molar-refractivity contribution < 1.29 is 5.48 Å². The molecule has 2 N–H and O–H groups in total. The molecule has 0 unspecified atom stereocenters. The molecule has 0 spiro atoms. The summed E-state index contributed by atoms with van der Waals surface area (Å²) < 4.78 is 0.